The highest BCUT2D eigenvalue weighted by Gasteiger charge is 2.36. The van der Waals surface area contributed by atoms with Gasteiger partial charge in [0.25, 0.3) is 0 Å². The van der Waals surface area contributed by atoms with Crippen LogP contribution in [-0.2, 0) is 9.47 Å². The van der Waals surface area contributed by atoms with Gasteiger partial charge in [-0.2, -0.15) is 0 Å². The molecule has 0 spiro atoms. The Morgan fingerprint density at radius 1 is 1.19 bits per heavy atom. The quantitative estimate of drug-likeness (QED) is 0.470. The fourth-order valence-corrected chi connectivity index (χ4v) is 1.98. The summed E-state index contributed by atoms with van der Waals surface area (Å²) in [4.78, 5) is 0. The number of nitrogens with two attached hydrogens (primary N) is 1. The molecule has 0 amide bonds. The van der Waals surface area contributed by atoms with Crippen LogP contribution in [0.3, 0.4) is 0 Å². The van der Waals surface area contributed by atoms with Gasteiger partial charge >= 0.3 is 0 Å². The molecule has 0 aromatic heterocycles. The van der Waals surface area contributed by atoms with Crippen LogP contribution in [0.1, 0.15) is 47.5 Å². The minimum atomic E-state index is -0.224. The Hall–Kier alpha value is -0.160. The molecular formula is C12H28N2O2. The van der Waals surface area contributed by atoms with Crippen LogP contribution in [0.4, 0.5) is 0 Å². The molecule has 1 atom stereocenters. The van der Waals surface area contributed by atoms with Gasteiger partial charge in [-0.25, -0.2) is 0 Å². The SMILES string of the molecule is CCOC(CC)(CC)C(COC(C)C)NN. The largest absolute Gasteiger partial charge is 0.377 e. The van der Waals surface area contributed by atoms with E-state index in [9.17, 15) is 0 Å². The number of hydrogen-bond donors (Lipinski definition) is 2. The highest BCUT2D eigenvalue weighted by atomic mass is 16.5. The van der Waals surface area contributed by atoms with E-state index in [0.717, 1.165) is 12.8 Å². The van der Waals surface area contributed by atoms with Crippen LogP contribution in [0.15, 0.2) is 0 Å². The van der Waals surface area contributed by atoms with Crippen LogP contribution >= 0.6 is 0 Å². The fraction of sp³-hybridized carbons (Fsp3) is 1.00. The highest BCUT2D eigenvalue weighted by Crippen LogP contribution is 2.25. The second-order valence-electron chi connectivity index (χ2n) is 4.31. The Bertz CT molecular complexity index is 170. The molecule has 0 aliphatic rings. The van der Waals surface area contributed by atoms with Gasteiger partial charge < -0.3 is 9.47 Å². The second-order valence-corrected chi connectivity index (χ2v) is 4.31. The Kier molecular flexibility index (Phi) is 7.93. The van der Waals surface area contributed by atoms with Crippen molar-refractivity contribution in [3.05, 3.63) is 0 Å². The van der Waals surface area contributed by atoms with Gasteiger partial charge in [-0.1, -0.05) is 13.8 Å². The summed E-state index contributed by atoms with van der Waals surface area (Å²) in [6.07, 6.45) is 2.06. The van der Waals surface area contributed by atoms with Crippen molar-refractivity contribution in [2.75, 3.05) is 13.2 Å². The normalized spacial score (nSPS) is 14.4. The number of rotatable bonds is 9. The van der Waals surface area contributed by atoms with E-state index >= 15 is 0 Å². The monoisotopic (exact) mass is 232 g/mol. The molecule has 98 valence electrons. The molecule has 0 saturated heterocycles. The van der Waals surface area contributed by atoms with Crippen molar-refractivity contribution in [2.45, 2.75) is 65.2 Å². The van der Waals surface area contributed by atoms with Gasteiger partial charge in [0.15, 0.2) is 0 Å². The minimum Gasteiger partial charge on any atom is -0.377 e. The molecule has 4 heteroatoms. The Balaban J connectivity index is 4.55. The van der Waals surface area contributed by atoms with Crippen molar-refractivity contribution in [1.82, 2.24) is 5.43 Å². The minimum absolute atomic E-state index is 0.0323. The second kappa shape index (κ2) is 8.01. The van der Waals surface area contributed by atoms with Crippen molar-refractivity contribution in [2.24, 2.45) is 5.84 Å². The first-order valence-electron chi connectivity index (χ1n) is 6.27. The third kappa shape index (κ3) is 4.37. The third-order valence-corrected chi connectivity index (χ3v) is 3.06. The molecule has 0 heterocycles. The summed E-state index contributed by atoms with van der Waals surface area (Å²) in [5.41, 5.74) is 2.61. The lowest BCUT2D eigenvalue weighted by Crippen LogP contribution is -2.57. The van der Waals surface area contributed by atoms with E-state index < -0.39 is 0 Å². The van der Waals surface area contributed by atoms with E-state index in [1.54, 1.807) is 0 Å². The van der Waals surface area contributed by atoms with Crippen LogP contribution in [0.25, 0.3) is 0 Å². The van der Waals surface area contributed by atoms with Crippen LogP contribution in [0.2, 0.25) is 0 Å². The maximum Gasteiger partial charge on any atom is 0.0865 e. The molecule has 16 heavy (non-hydrogen) atoms. The fourth-order valence-electron chi connectivity index (χ4n) is 1.98. The first kappa shape index (κ1) is 15.8. The third-order valence-electron chi connectivity index (χ3n) is 3.06. The summed E-state index contributed by atoms with van der Waals surface area (Å²) < 4.78 is 11.5. The Morgan fingerprint density at radius 2 is 1.75 bits per heavy atom. The smallest absolute Gasteiger partial charge is 0.0865 e. The van der Waals surface area contributed by atoms with Crippen molar-refractivity contribution in [3.8, 4) is 0 Å². The molecule has 0 aromatic rings. The van der Waals surface area contributed by atoms with Crippen molar-refractivity contribution in [1.29, 1.82) is 0 Å². The van der Waals surface area contributed by atoms with E-state index in [0.29, 0.717) is 13.2 Å². The summed E-state index contributed by atoms with van der Waals surface area (Å²) in [5.74, 6) is 5.62. The molecule has 0 bridgehead atoms. The van der Waals surface area contributed by atoms with E-state index in [-0.39, 0.29) is 17.7 Å². The zero-order valence-corrected chi connectivity index (χ0v) is 11.4. The molecule has 0 radical (unpaired) electrons. The summed E-state index contributed by atoms with van der Waals surface area (Å²) >= 11 is 0. The Labute approximate surface area is 99.8 Å². The van der Waals surface area contributed by atoms with Crippen LogP contribution in [0, 0.1) is 0 Å². The highest BCUT2D eigenvalue weighted by molar-refractivity contribution is 4.90. The van der Waals surface area contributed by atoms with Crippen molar-refractivity contribution in [3.63, 3.8) is 0 Å². The molecule has 0 rings (SSSR count). The van der Waals surface area contributed by atoms with Gasteiger partial charge in [0.1, 0.15) is 0 Å². The molecule has 3 N–H and O–H groups in total. The topological polar surface area (TPSA) is 56.5 Å². The lowest BCUT2D eigenvalue weighted by molar-refractivity contribution is -0.0949. The maximum absolute atomic E-state index is 5.89. The van der Waals surface area contributed by atoms with Gasteiger partial charge in [0.05, 0.1) is 24.4 Å². The molecular weight excluding hydrogens is 204 g/mol. The molecule has 0 aliphatic heterocycles. The number of ether oxygens (including phenoxy) is 2. The average Bonchev–Trinajstić information content (AvgIpc) is 2.27. The van der Waals surface area contributed by atoms with E-state index in [4.69, 9.17) is 15.3 Å². The van der Waals surface area contributed by atoms with Crippen LogP contribution < -0.4 is 11.3 Å². The summed E-state index contributed by atoms with van der Waals surface area (Å²) in [6, 6.07) is 0.0323. The maximum atomic E-state index is 5.89. The van der Waals surface area contributed by atoms with Gasteiger partial charge in [-0.15, -0.1) is 0 Å². The van der Waals surface area contributed by atoms with Gasteiger partial charge in [0.2, 0.25) is 0 Å². The van der Waals surface area contributed by atoms with E-state index in [1.165, 1.54) is 0 Å². The zero-order valence-electron chi connectivity index (χ0n) is 11.4. The molecule has 0 saturated carbocycles. The van der Waals surface area contributed by atoms with Gasteiger partial charge in [-0.05, 0) is 33.6 Å². The number of nitrogens with one attached hydrogen (secondary N) is 1. The van der Waals surface area contributed by atoms with Crippen molar-refractivity contribution < 1.29 is 9.47 Å². The Morgan fingerprint density at radius 3 is 2.06 bits per heavy atom. The van der Waals surface area contributed by atoms with E-state index in [1.807, 2.05) is 20.8 Å². The van der Waals surface area contributed by atoms with Crippen molar-refractivity contribution >= 4 is 0 Å². The molecule has 1 unspecified atom stereocenters. The zero-order chi connectivity index (χ0) is 12.6. The molecule has 4 nitrogen and oxygen atoms in total. The number of hydrazine groups is 1. The predicted molar refractivity (Wildman–Crippen MR) is 67.1 cm³/mol. The summed E-state index contributed by atoms with van der Waals surface area (Å²) in [5, 5.41) is 0. The molecule has 0 aliphatic carbocycles. The lowest BCUT2D eigenvalue weighted by atomic mass is 9.88. The van der Waals surface area contributed by atoms with Gasteiger partial charge in [0, 0.05) is 6.61 Å². The number of hydrogen-bond acceptors (Lipinski definition) is 4. The summed E-state index contributed by atoms with van der Waals surface area (Å²) in [7, 11) is 0. The predicted octanol–water partition coefficient (Wildman–Crippen LogP) is 1.84. The first-order chi connectivity index (χ1) is 7.56. The lowest BCUT2D eigenvalue weighted by Gasteiger charge is -2.39. The average molecular weight is 232 g/mol. The molecule has 0 fully saturated rings. The standard InChI is InChI=1S/C12H28N2O2/c1-6-12(7-2,16-8-3)11(14-13)9-15-10(4)5/h10-11,14H,6-9,13H2,1-5H3. The molecule has 0 aromatic carbocycles. The summed E-state index contributed by atoms with van der Waals surface area (Å²) in [6.45, 7) is 11.6. The van der Waals surface area contributed by atoms with Crippen LogP contribution in [0.5, 0.6) is 0 Å². The van der Waals surface area contributed by atoms with Crippen LogP contribution in [-0.4, -0.2) is 31.0 Å². The van der Waals surface area contributed by atoms with Gasteiger partial charge in [-0.3, -0.25) is 11.3 Å². The first-order valence-corrected chi connectivity index (χ1v) is 6.27. The van der Waals surface area contributed by atoms with E-state index in [2.05, 4.69) is 19.3 Å².